The Labute approximate surface area is 575 Å². The number of phosphoric acid groups is 2. The molecule has 0 radical (unpaired) electrons. The molecule has 0 rings (SSSR count). The van der Waals surface area contributed by atoms with E-state index in [1.807, 2.05) is 0 Å². The fraction of sp³-hybridized carbons (Fsp3) is 0.947. The van der Waals surface area contributed by atoms with Gasteiger partial charge in [-0.25, -0.2) is 9.13 Å². The number of rotatable bonds is 72. The number of unbranched alkanes of at least 4 members (excludes halogenated alkanes) is 37. The lowest BCUT2D eigenvalue weighted by atomic mass is 10.00. The molecule has 19 heteroatoms. The number of carbonyl (C=O) groups is 4. The summed E-state index contributed by atoms with van der Waals surface area (Å²) in [6.45, 7) is 14.2. The quantitative estimate of drug-likeness (QED) is 0.0222. The van der Waals surface area contributed by atoms with Gasteiger partial charge in [0, 0.05) is 25.7 Å². The smallest absolute Gasteiger partial charge is 0.462 e. The molecule has 0 amide bonds. The Balaban J connectivity index is 5.25. The third-order valence-corrected chi connectivity index (χ3v) is 19.6. The molecular weight excluding hydrogens is 1230 g/mol. The van der Waals surface area contributed by atoms with E-state index in [0.717, 1.165) is 120 Å². The molecule has 3 unspecified atom stereocenters. The minimum absolute atomic E-state index is 0.106. The highest BCUT2D eigenvalue weighted by atomic mass is 31.2. The maximum absolute atomic E-state index is 13.1. The van der Waals surface area contributed by atoms with Crippen molar-refractivity contribution in [3.05, 3.63) is 0 Å². The Morgan fingerprint density at radius 2 is 0.511 bits per heavy atom. The second-order valence-corrected chi connectivity index (χ2v) is 31.6. The van der Waals surface area contributed by atoms with Crippen LogP contribution in [-0.4, -0.2) is 96.7 Å². The van der Waals surface area contributed by atoms with E-state index >= 15 is 0 Å². The number of aliphatic hydroxyl groups excluding tert-OH is 1. The lowest BCUT2D eigenvalue weighted by molar-refractivity contribution is -0.161. The molecule has 0 aliphatic carbocycles. The average molecular weight is 1380 g/mol. The number of ether oxygens (including phenoxy) is 4. The summed E-state index contributed by atoms with van der Waals surface area (Å²) in [7, 11) is -9.91. The van der Waals surface area contributed by atoms with Gasteiger partial charge in [-0.2, -0.15) is 0 Å². The molecule has 0 bridgehead atoms. The summed E-state index contributed by atoms with van der Waals surface area (Å²) >= 11 is 0. The van der Waals surface area contributed by atoms with Gasteiger partial charge < -0.3 is 33.8 Å². The molecule has 0 saturated heterocycles. The van der Waals surface area contributed by atoms with Crippen molar-refractivity contribution < 1.29 is 80.2 Å². The van der Waals surface area contributed by atoms with Crippen LogP contribution in [-0.2, 0) is 65.4 Å². The topological polar surface area (TPSA) is 237 Å². The molecule has 0 aromatic rings. The Morgan fingerprint density at radius 1 is 0.298 bits per heavy atom. The summed E-state index contributed by atoms with van der Waals surface area (Å²) in [6, 6.07) is 0. The van der Waals surface area contributed by atoms with Crippen LogP contribution in [0.15, 0.2) is 0 Å². The zero-order chi connectivity index (χ0) is 69.6. The lowest BCUT2D eigenvalue weighted by Crippen LogP contribution is -2.30. The third kappa shape index (κ3) is 67.3. The van der Waals surface area contributed by atoms with E-state index in [1.54, 1.807) is 0 Å². The molecule has 0 aliphatic heterocycles. The Bertz CT molecular complexity index is 1850. The summed E-state index contributed by atoms with van der Waals surface area (Å²) < 4.78 is 68.5. The number of hydrogen-bond donors (Lipinski definition) is 3. The van der Waals surface area contributed by atoms with Crippen LogP contribution in [0.5, 0.6) is 0 Å². The first-order valence-electron chi connectivity index (χ1n) is 38.7. The predicted molar refractivity (Wildman–Crippen MR) is 381 cm³/mol. The molecule has 0 fully saturated rings. The molecule has 0 aromatic carbocycles. The second-order valence-electron chi connectivity index (χ2n) is 28.7. The summed E-state index contributed by atoms with van der Waals surface area (Å²) in [4.78, 5) is 72.8. The Kier molecular flexibility index (Phi) is 63.1. The lowest BCUT2D eigenvalue weighted by Gasteiger charge is -2.21. The van der Waals surface area contributed by atoms with E-state index in [9.17, 15) is 43.2 Å². The van der Waals surface area contributed by atoms with Gasteiger partial charge in [-0.15, -0.1) is 0 Å². The number of esters is 4. The van der Waals surface area contributed by atoms with E-state index in [-0.39, 0.29) is 25.7 Å². The molecule has 0 spiro atoms. The summed E-state index contributed by atoms with van der Waals surface area (Å²) in [6.07, 6.45) is 48.5. The first kappa shape index (κ1) is 92.1. The van der Waals surface area contributed by atoms with Crippen LogP contribution in [0.3, 0.4) is 0 Å². The Morgan fingerprint density at radius 3 is 0.755 bits per heavy atom. The highest BCUT2D eigenvalue weighted by Crippen LogP contribution is 2.45. The number of phosphoric ester groups is 2. The van der Waals surface area contributed by atoms with E-state index in [0.29, 0.717) is 25.7 Å². The van der Waals surface area contributed by atoms with Gasteiger partial charge in [-0.3, -0.25) is 37.3 Å². The average Bonchev–Trinajstić information content (AvgIpc) is 1.21. The van der Waals surface area contributed by atoms with Gasteiger partial charge in [0.2, 0.25) is 0 Å². The summed E-state index contributed by atoms with van der Waals surface area (Å²) in [5.41, 5.74) is 0. The van der Waals surface area contributed by atoms with Crippen molar-refractivity contribution >= 4 is 39.5 Å². The fourth-order valence-electron chi connectivity index (χ4n) is 11.3. The van der Waals surface area contributed by atoms with Crippen molar-refractivity contribution in [2.45, 2.75) is 395 Å². The standard InChI is InChI=1S/C75H146O17P2/c1-9-68(8)54-46-38-33-34-40-48-56-73(78)86-62-71(92-74(79)57-49-41-31-25-17-13-11-10-12-15-21-27-35-43-51-65(2)3)64-90-94(83,84)88-60-69(76)59-87-93(81,82)89-63-70(61-85-72(77)55-47-39-30-24-20-19-23-29-37-45-53-67(6)7)91-75(80)58-50-42-32-26-18-14-16-22-28-36-44-52-66(4)5/h65-71,76H,9-64H2,1-8H3,(H,81,82)(H,83,84)/t68?,69-,70-,71-/m1/s1. The fourth-order valence-corrected chi connectivity index (χ4v) is 12.9. The SMILES string of the molecule is CCC(C)CCCCCCCCC(=O)OC[C@H](COP(=O)(O)OC[C@H](O)COP(=O)(O)OC[C@@H](COC(=O)CCCCCCCCCCCCC(C)C)OC(=O)CCCCCCCCCCCCCC(C)C)OC(=O)CCCCCCCCCCCCCCCCC(C)C. The van der Waals surface area contributed by atoms with E-state index in [1.165, 1.54) is 173 Å². The number of carbonyl (C=O) groups excluding carboxylic acids is 4. The van der Waals surface area contributed by atoms with Gasteiger partial charge in [0.25, 0.3) is 0 Å². The summed E-state index contributed by atoms with van der Waals surface area (Å²) in [5.74, 6) is 0.927. The minimum Gasteiger partial charge on any atom is -0.462 e. The first-order chi connectivity index (χ1) is 45.1. The van der Waals surface area contributed by atoms with Gasteiger partial charge in [0.05, 0.1) is 26.4 Å². The zero-order valence-electron chi connectivity index (χ0n) is 61.6. The normalized spacial score (nSPS) is 14.4. The van der Waals surface area contributed by atoms with Crippen LogP contribution in [0.2, 0.25) is 0 Å². The van der Waals surface area contributed by atoms with E-state index in [2.05, 4.69) is 55.4 Å². The molecule has 0 saturated carbocycles. The maximum Gasteiger partial charge on any atom is 0.472 e. The molecule has 6 atom stereocenters. The zero-order valence-corrected chi connectivity index (χ0v) is 63.4. The predicted octanol–water partition coefficient (Wildman–Crippen LogP) is 21.7. The Hall–Kier alpha value is -1.94. The van der Waals surface area contributed by atoms with Crippen molar-refractivity contribution in [3.8, 4) is 0 Å². The van der Waals surface area contributed by atoms with Crippen LogP contribution in [0.25, 0.3) is 0 Å². The minimum atomic E-state index is -4.96. The molecular formula is C75H146O17P2. The molecule has 0 aliphatic rings. The van der Waals surface area contributed by atoms with Crippen LogP contribution < -0.4 is 0 Å². The number of aliphatic hydroxyl groups is 1. The van der Waals surface area contributed by atoms with E-state index < -0.39 is 97.5 Å². The molecule has 558 valence electrons. The summed E-state index contributed by atoms with van der Waals surface area (Å²) in [5, 5.41) is 10.6. The monoisotopic (exact) mass is 1380 g/mol. The van der Waals surface area contributed by atoms with Crippen molar-refractivity contribution in [2.75, 3.05) is 39.6 Å². The molecule has 0 aromatic heterocycles. The van der Waals surface area contributed by atoms with E-state index in [4.69, 9.17) is 37.0 Å². The number of hydrogen-bond acceptors (Lipinski definition) is 15. The van der Waals surface area contributed by atoms with Crippen molar-refractivity contribution in [2.24, 2.45) is 23.7 Å². The highest BCUT2D eigenvalue weighted by molar-refractivity contribution is 7.47. The molecule has 3 N–H and O–H groups in total. The van der Waals surface area contributed by atoms with Gasteiger partial charge in [0.1, 0.15) is 19.3 Å². The van der Waals surface area contributed by atoms with Crippen molar-refractivity contribution in [1.82, 2.24) is 0 Å². The first-order valence-corrected chi connectivity index (χ1v) is 41.7. The van der Waals surface area contributed by atoms with Crippen molar-refractivity contribution in [1.29, 1.82) is 0 Å². The van der Waals surface area contributed by atoms with Gasteiger partial charge in [0.15, 0.2) is 12.2 Å². The van der Waals surface area contributed by atoms with Gasteiger partial charge in [-0.1, -0.05) is 325 Å². The van der Waals surface area contributed by atoms with Gasteiger partial charge in [-0.05, 0) is 49.4 Å². The van der Waals surface area contributed by atoms with Crippen LogP contribution in [0.1, 0.15) is 376 Å². The van der Waals surface area contributed by atoms with Crippen molar-refractivity contribution in [3.63, 3.8) is 0 Å². The maximum atomic E-state index is 13.1. The molecule has 0 heterocycles. The molecule has 17 nitrogen and oxygen atoms in total. The van der Waals surface area contributed by atoms with Crippen LogP contribution in [0.4, 0.5) is 0 Å². The van der Waals surface area contributed by atoms with Crippen LogP contribution in [0, 0.1) is 23.7 Å². The largest absolute Gasteiger partial charge is 0.472 e. The van der Waals surface area contributed by atoms with Crippen LogP contribution >= 0.6 is 15.6 Å². The van der Waals surface area contributed by atoms with Gasteiger partial charge >= 0.3 is 39.5 Å². The molecule has 94 heavy (non-hydrogen) atoms. The second kappa shape index (κ2) is 64.4. The highest BCUT2D eigenvalue weighted by Gasteiger charge is 2.30. The third-order valence-electron chi connectivity index (χ3n) is 17.7.